The van der Waals surface area contributed by atoms with Gasteiger partial charge in [-0.1, -0.05) is 25.1 Å². The fourth-order valence-corrected chi connectivity index (χ4v) is 4.77. The van der Waals surface area contributed by atoms with Crippen molar-refractivity contribution in [1.82, 2.24) is 14.9 Å². The fourth-order valence-electron chi connectivity index (χ4n) is 3.23. The van der Waals surface area contributed by atoms with Gasteiger partial charge in [-0.25, -0.2) is 17.5 Å². The Morgan fingerprint density at radius 3 is 2.52 bits per heavy atom. The van der Waals surface area contributed by atoms with Gasteiger partial charge in [0.05, 0.1) is 5.75 Å². The van der Waals surface area contributed by atoms with Gasteiger partial charge in [-0.15, -0.1) is 0 Å². The molecule has 1 aliphatic heterocycles. The van der Waals surface area contributed by atoms with Crippen LogP contribution < -0.4 is 15.5 Å². The van der Waals surface area contributed by atoms with Crippen molar-refractivity contribution >= 4 is 21.7 Å². The summed E-state index contributed by atoms with van der Waals surface area (Å²) in [5, 5.41) is 5.85. The van der Waals surface area contributed by atoms with Crippen LogP contribution in [0.3, 0.4) is 0 Å². The number of nitrogens with one attached hydrogen (secondary N) is 2. The molecule has 0 bridgehead atoms. The summed E-state index contributed by atoms with van der Waals surface area (Å²) >= 11 is 0. The van der Waals surface area contributed by atoms with Crippen molar-refractivity contribution in [2.24, 2.45) is 0 Å². The van der Waals surface area contributed by atoms with Gasteiger partial charge in [0, 0.05) is 45.0 Å². The number of para-hydroxylation sites is 1. The number of carbonyl (C=O) groups excluding carboxylic acids is 1. The second-order valence-corrected chi connectivity index (χ2v) is 9.09. The van der Waals surface area contributed by atoms with E-state index in [1.54, 1.807) is 4.31 Å². The van der Waals surface area contributed by atoms with Crippen LogP contribution in [0.1, 0.15) is 32.6 Å². The average molecular weight is 397 g/mol. The Kier molecular flexibility index (Phi) is 8.37. The van der Waals surface area contributed by atoms with Crippen molar-refractivity contribution < 1.29 is 13.2 Å². The molecule has 0 atom stereocenters. The van der Waals surface area contributed by atoms with Crippen LogP contribution in [0.5, 0.6) is 0 Å². The van der Waals surface area contributed by atoms with Gasteiger partial charge in [-0.2, -0.15) is 0 Å². The topological polar surface area (TPSA) is 81.8 Å². The quantitative estimate of drug-likeness (QED) is 0.626. The number of nitrogens with zero attached hydrogens (tertiary/aromatic N) is 2. The van der Waals surface area contributed by atoms with Crippen molar-refractivity contribution in [3.05, 3.63) is 30.3 Å². The molecule has 2 rings (SSSR count). The molecule has 8 heteroatoms. The minimum atomic E-state index is -3.13. The van der Waals surface area contributed by atoms with E-state index >= 15 is 0 Å². The van der Waals surface area contributed by atoms with Gasteiger partial charge in [0.1, 0.15) is 0 Å². The van der Waals surface area contributed by atoms with Crippen LogP contribution in [-0.4, -0.2) is 63.8 Å². The second kappa shape index (κ2) is 10.5. The van der Waals surface area contributed by atoms with Crippen LogP contribution in [0.15, 0.2) is 30.3 Å². The fraction of sp³-hybridized carbons (Fsp3) is 0.632. The Hall–Kier alpha value is -1.80. The van der Waals surface area contributed by atoms with Crippen LogP contribution in [0.25, 0.3) is 0 Å². The van der Waals surface area contributed by atoms with E-state index < -0.39 is 10.0 Å². The molecule has 2 N–H and O–H groups in total. The highest BCUT2D eigenvalue weighted by Crippen LogP contribution is 2.15. The van der Waals surface area contributed by atoms with Crippen LogP contribution >= 0.6 is 0 Å². The molecule has 0 saturated carbocycles. The lowest BCUT2D eigenvalue weighted by Crippen LogP contribution is -2.49. The van der Waals surface area contributed by atoms with Gasteiger partial charge in [-0.3, -0.25) is 0 Å². The maximum Gasteiger partial charge on any atom is 0.315 e. The predicted molar refractivity (Wildman–Crippen MR) is 110 cm³/mol. The number of anilines is 1. The Morgan fingerprint density at radius 1 is 1.22 bits per heavy atom. The largest absolute Gasteiger partial charge is 0.375 e. The third kappa shape index (κ3) is 7.03. The molecule has 1 aliphatic rings. The zero-order valence-electron chi connectivity index (χ0n) is 16.4. The summed E-state index contributed by atoms with van der Waals surface area (Å²) in [4.78, 5) is 14.2. The molecule has 1 heterocycles. The summed E-state index contributed by atoms with van der Waals surface area (Å²) in [5.41, 5.74) is 1.16. The molecular formula is C19H32N4O3S. The molecule has 1 aromatic rings. The monoisotopic (exact) mass is 396 g/mol. The number of rotatable bonds is 9. The highest BCUT2D eigenvalue weighted by Gasteiger charge is 2.27. The van der Waals surface area contributed by atoms with Gasteiger partial charge in [0.25, 0.3) is 0 Å². The van der Waals surface area contributed by atoms with Gasteiger partial charge in [-0.05, 0) is 37.8 Å². The Morgan fingerprint density at radius 2 is 1.89 bits per heavy atom. The summed E-state index contributed by atoms with van der Waals surface area (Å²) in [7, 11) is -1.10. The van der Waals surface area contributed by atoms with Crippen LogP contribution in [0.4, 0.5) is 10.5 Å². The lowest BCUT2D eigenvalue weighted by atomic mass is 10.1. The van der Waals surface area contributed by atoms with E-state index in [9.17, 15) is 13.2 Å². The van der Waals surface area contributed by atoms with Gasteiger partial charge < -0.3 is 15.5 Å². The summed E-state index contributed by atoms with van der Waals surface area (Å²) in [6.45, 7) is 4.29. The number of hydrogen-bond acceptors (Lipinski definition) is 4. The molecule has 7 nitrogen and oxygen atoms in total. The first-order chi connectivity index (χ1) is 12.9. The van der Waals surface area contributed by atoms with E-state index in [4.69, 9.17) is 0 Å². The predicted octanol–water partition coefficient (Wildman–Crippen LogP) is 2.02. The normalized spacial score (nSPS) is 16.1. The highest BCUT2D eigenvalue weighted by atomic mass is 32.2. The van der Waals surface area contributed by atoms with E-state index in [-0.39, 0.29) is 17.8 Å². The van der Waals surface area contributed by atoms with E-state index in [0.717, 1.165) is 18.7 Å². The first-order valence-electron chi connectivity index (χ1n) is 9.70. The molecular weight excluding hydrogens is 364 g/mol. The summed E-state index contributed by atoms with van der Waals surface area (Å²) < 4.78 is 25.7. The molecule has 0 spiro atoms. The van der Waals surface area contributed by atoms with Crippen LogP contribution in [0.2, 0.25) is 0 Å². The van der Waals surface area contributed by atoms with Gasteiger partial charge in [0.2, 0.25) is 10.0 Å². The van der Waals surface area contributed by atoms with Crippen molar-refractivity contribution in [2.75, 3.05) is 43.9 Å². The minimum absolute atomic E-state index is 0.0325. The molecule has 0 unspecified atom stereocenters. The molecule has 0 aromatic heterocycles. The number of benzene rings is 1. The molecule has 1 fully saturated rings. The third-order valence-electron chi connectivity index (χ3n) is 4.80. The second-order valence-electron chi connectivity index (χ2n) is 7.00. The average Bonchev–Trinajstić information content (AvgIpc) is 2.66. The van der Waals surface area contributed by atoms with Crippen molar-refractivity contribution in [3.8, 4) is 0 Å². The van der Waals surface area contributed by atoms with Gasteiger partial charge >= 0.3 is 6.03 Å². The van der Waals surface area contributed by atoms with E-state index in [0.29, 0.717) is 38.9 Å². The molecule has 152 valence electrons. The molecule has 0 aliphatic carbocycles. The molecule has 27 heavy (non-hydrogen) atoms. The zero-order chi connectivity index (χ0) is 19.7. The number of urea groups is 1. The molecule has 1 aromatic carbocycles. The Balaban J connectivity index is 1.61. The van der Waals surface area contributed by atoms with E-state index in [2.05, 4.69) is 27.7 Å². The highest BCUT2D eigenvalue weighted by molar-refractivity contribution is 7.89. The number of carbonyl (C=O) groups is 1. The number of sulfonamides is 1. The first kappa shape index (κ1) is 21.5. The van der Waals surface area contributed by atoms with Crippen molar-refractivity contribution in [3.63, 3.8) is 0 Å². The third-order valence-corrected chi connectivity index (χ3v) is 6.87. The smallest absolute Gasteiger partial charge is 0.315 e. The minimum Gasteiger partial charge on any atom is -0.375 e. The summed E-state index contributed by atoms with van der Waals surface area (Å²) in [5.74, 6) is 0.197. The first-order valence-corrected chi connectivity index (χ1v) is 11.3. The zero-order valence-corrected chi connectivity index (χ0v) is 17.2. The lowest BCUT2D eigenvalue weighted by Gasteiger charge is -2.31. The maximum atomic E-state index is 12.1. The number of amides is 2. The SMILES string of the molecule is CCCS(=O)(=O)N1CCC(NC(=O)NCCCN(C)c2ccccc2)CC1. The number of hydrogen-bond donors (Lipinski definition) is 2. The molecule has 1 saturated heterocycles. The van der Waals surface area contributed by atoms with E-state index in [1.165, 1.54) is 0 Å². The lowest BCUT2D eigenvalue weighted by molar-refractivity contribution is 0.227. The Labute approximate surface area is 163 Å². The van der Waals surface area contributed by atoms with E-state index in [1.807, 2.05) is 32.2 Å². The summed E-state index contributed by atoms with van der Waals surface area (Å²) in [6, 6.07) is 10.00. The number of piperidine rings is 1. The van der Waals surface area contributed by atoms with Gasteiger partial charge in [0.15, 0.2) is 0 Å². The van der Waals surface area contributed by atoms with Crippen LogP contribution in [-0.2, 0) is 10.0 Å². The Bertz CT molecular complexity index is 673. The molecule has 0 radical (unpaired) electrons. The molecule has 2 amide bonds. The van der Waals surface area contributed by atoms with Crippen molar-refractivity contribution in [1.29, 1.82) is 0 Å². The van der Waals surface area contributed by atoms with Crippen LogP contribution in [0, 0.1) is 0 Å². The standard InChI is InChI=1S/C19H32N4O3S/c1-3-16-27(25,26)23-14-10-17(11-15-23)21-19(24)20-12-7-13-22(2)18-8-5-4-6-9-18/h4-6,8-9,17H,3,7,10-16H2,1-2H3,(H2,20,21,24). The maximum absolute atomic E-state index is 12.1. The summed E-state index contributed by atoms with van der Waals surface area (Å²) in [6.07, 6.45) is 2.80. The van der Waals surface area contributed by atoms with Crippen molar-refractivity contribution in [2.45, 2.75) is 38.6 Å².